The Kier molecular flexibility index (Phi) is 3.76. The number of rotatable bonds is 6. The Morgan fingerprint density at radius 1 is 1.38 bits per heavy atom. The Hall–Kier alpha value is -2.31. The summed E-state index contributed by atoms with van der Waals surface area (Å²) in [6.07, 6.45) is 5.44. The molecule has 5 rings (SSSR count). The Bertz CT molecular complexity index is 822. The molecule has 3 heterocycles. The van der Waals surface area contributed by atoms with Crippen LogP contribution in [0.4, 0.5) is 4.79 Å². The lowest BCUT2D eigenvalue weighted by atomic mass is 10.3. The van der Waals surface area contributed by atoms with Gasteiger partial charge in [-0.05, 0) is 43.7 Å². The molecule has 0 bridgehead atoms. The van der Waals surface area contributed by atoms with Gasteiger partial charge in [0.2, 0.25) is 0 Å². The minimum Gasteiger partial charge on any atom is -0.464 e. The zero-order valence-electron chi connectivity index (χ0n) is 15.1. The molecule has 2 amide bonds. The van der Waals surface area contributed by atoms with Crippen LogP contribution in [0.1, 0.15) is 61.7 Å². The van der Waals surface area contributed by atoms with Gasteiger partial charge in [0.25, 0.3) is 0 Å². The predicted molar refractivity (Wildman–Crippen MR) is 94.4 cm³/mol. The summed E-state index contributed by atoms with van der Waals surface area (Å²) in [4.78, 5) is 14.6. The molecule has 2 saturated carbocycles. The number of carbonyl (C=O) groups is 1. The lowest BCUT2D eigenvalue weighted by molar-refractivity contribution is 0.185. The van der Waals surface area contributed by atoms with Crippen LogP contribution in [0.3, 0.4) is 0 Å². The fourth-order valence-electron chi connectivity index (χ4n) is 3.92. The molecule has 7 nitrogen and oxygen atoms in total. The summed E-state index contributed by atoms with van der Waals surface area (Å²) in [5, 5.41) is 11.4. The number of hydrogen-bond acceptors (Lipinski definition) is 4. The fourth-order valence-corrected chi connectivity index (χ4v) is 3.92. The first-order chi connectivity index (χ1) is 12.7. The summed E-state index contributed by atoms with van der Waals surface area (Å²) < 4.78 is 8.12. The molecule has 0 saturated heterocycles. The largest absolute Gasteiger partial charge is 0.464 e. The van der Waals surface area contributed by atoms with E-state index in [1.165, 1.54) is 6.42 Å². The molecule has 138 valence electrons. The van der Waals surface area contributed by atoms with E-state index in [0.717, 1.165) is 61.3 Å². The van der Waals surface area contributed by atoms with E-state index in [4.69, 9.17) is 4.42 Å². The highest BCUT2D eigenvalue weighted by molar-refractivity contribution is 5.74. The zero-order valence-corrected chi connectivity index (χ0v) is 15.1. The summed E-state index contributed by atoms with van der Waals surface area (Å²) in [5.74, 6) is 5.13. The third-order valence-corrected chi connectivity index (χ3v) is 5.82. The van der Waals surface area contributed by atoms with Gasteiger partial charge in [-0.25, -0.2) is 4.79 Å². The smallest absolute Gasteiger partial charge is 0.318 e. The SMILES string of the molecule is C[C@H]1C[C@H]1c1ccc(CN(C(=O)NCc2nnc3n2CCC3)C2CC2)o1. The van der Waals surface area contributed by atoms with E-state index in [-0.39, 0.29) is 6.03 Å². The van der Waals surface area contributed by atoms with Gasteiger partial charge in [0.05, 0.1) is 13.1 Å². The van der Waals surface area contributed by atoms with Crippen molar-refractivity contribution >= 4 is 6.03 Å². The standard InChI is InChI=1S/C19H25N5O2/c1-12-9-15(12)16-7-6-14(26-16)11-24(13-4-5-13)19(25)20-10-18-22-21-17-3-2-8-23(17)18/h6-7,12-13,15H,2-5,8-11H2,1H3,(H,20,25)/t12-,15+/m0/s1. The molecule has 0 aromatic carbocycles. The number of amides is 2. The molecule has 2 aliphatic carbocycles. The molecule has 7 heteroatoms. The summed E-state index contributed by atoms with van der Waals surface area (Å²) in [7, 11) is 0. The minimum atomic E-state index is -0.0411. The Morgan fingerprint density at radius 3 is 3.00 bits per heavy atom. The van der Waals surface area contributed by atoms with Crippen molar-refractivity contribution in [1.82, 2.24) is 25.0 Å². The van der Waals surface area contributed by atoms with E-state index in [1.807, 2.05) is 11.0 Å². The van der Waals surface area contributed by atoms with E-state index in [1.54, 1.807) is 0 Å². The van der Waals surface area contributed by atoms with Gasteiger partial charge in [-0.2, -0.15) is 0 Å². The van der Waals surface area contributed by atoms with Crippen molar-refractivity contribution < 1.29 is 9.21 Å². The number of aryl methyl sites for hydroxylation is 1. The predicted octanol–water partition coefficient (Wildman–Crippen LogP) is 2.81. The first-order valence-corrected chi connectivity index (χ1v) is 9.73. The van der Waals surface area contributed by atoms with Crippen molar-refractivity contribution in [3.8, 4) is 0 Å². The number of hydrogen-bond donors (Lipinski definition) is 1. The van der Waals surface area contributed by atoms with Gasteiger partial charge in [-0.3, -0.25) is 0 Å². The molecule has 1 aliphatic heterocycles. The van der Waals surface area contributed by atoms with Crippen molar-refractivity contribution in [2.45, 2.75) is 70.6 Å². The molecule has 2 atom stereocenters. The van der Waals surface area contributed by atoms with Crippen LogP contribution < -0.4 is 5.32 Å². The fraction of sp³-hybridized carbons (Fsp3) is 0.632. The lowest BCUT2D eigenvalue weighted by Gasteiger charge is -2.21. The number of nitrogens with one attached hydrogen (secondary N) is 1. The average molecular weight is 355 g/mol. The van der Waals surface area contributed by atoms with E-state index in [9.17, 15) is 4.79 Å². The van der Waals surface area contributed by atoms with E-state index >= 15 is 0 Å². The third-order valence-electron chi connectivity index (χ3n) is 5.82. The van der Waals surface area contributed by atoms with Crippen LogP contribution in [-0.2, 0) is 26.1 Å². The number of furan rings is 1. The highest BCUT2D eigenvalue weighted by Crippen LogP contribution is 2.47. The minimum absolute atomic E-state index is 0.0411. The molecule has 3 aliphatic rings. The summed E-state index contributed by atoms with van der Waals surface area (Å²) in [6.45, 7) is 4.17. The first kappa shape index (κ1) is 15.9. The van der Waals surface area contributed by atoms with Crippen molar-refractivity contribution in [2.75, 3.05) is 0 Å². The Morgan fingerprint density at radius 2 is 2.23 bits per heavy atom. The summed E-state index contributed by atoms with van der Waals surface area (Å²) >= 11 is 0. The topological polar surface area (TPSA) is 76.2 Å². The molecular weight excluding hydrogens is 330 g/mol. The maximum atomic E-state index is 12.7. The van der Waals surface area contributed by atoms with Crippen LogP contribution in [0.2, 0.25) is 0 Å². The highest BCUT2D eigenvalue weighted by atomic mass is 16.3. The summed E-state index contributed by atoms with van der Waals surface area (Å²) in [5.41, 5.74) is 0. The molecule has 1 N–H and O–H groups in total. The second-order valence-electron chi connectivity index (χ2n) is 7.93. The van der Waals surface area contributed by atoms with Crippen LogP contribution in [0.5, 0.6) is 0 Å². The number of fused-ring (bicyclic) bond motifs is 1. The van der Waals surface area contributed by atoms with E-state index in [2.05, 4.69) is 33.1 Å². The van der Waals surface area contributed by atoms with Gasteiger partial charge >= 0.3 is 6.03 Å². The van der Waals surface area contributed by atoms with E-state index in [0.29, 0.717) is 25.0 Å². The number of aromatic nitrogens is 3. The van der Waals surface area contributed by atoms with Crippen LogP contribution in [-0.4, -0.2) is 31.7 Å². The normalized spacial score (nSPS) is 23.7. The maximum absolute atomic E-state index is 12.7. The van der Waals surface area contributed by atoms with Crippen molar-refractivity contribution in [3.05, 3.63) is 35.3 Å². The van der Waals surface area contributed by atoms with Crippen LogP contribution >= 0.6 is 0 Å². The van der Waals surface area contributed by atoms with Gasteiger partial charge in [-0.1, -0.05) is 6.92 Å². The van der Waals surface area contributed by atoms with Crippen LogP contribution in [0.25, 0.3) is 0 Å². The quantitative estimate of drug-likeness (QED) is 0.864. The summed E-state index contributed by atoms with van der Waals surface area (Å²) in [6, 6.07) is 4.38. The van der Waals surface area contributed by atoms with Crippen molar-refractivity contribution in [1.29, 1.82) is 0 Å². The molecule has 26 heavy (non-hydrogen) atoms. The van der Waals surface area contributed by atoms with Crippen molar-refractivity contribution in [2.24, 2.45) is 5.92 Å². The number of nitrogens with zero attached hydrogens (tertiary/aromatic N) is 4. The second kappa shape index (κ2) is 6.14. The Labute approximate surface area is 152 Å². The average Bonchev–Trinajstić information content (AvgIpc) is 3.42. The molecule has 2 aromatic heterocycles. The Balaban J connectivity index is 1.22. The molecule has 2 fully saturated rings. The van der Waals surface area contributed by atoms with Gasteiger partial charge in [0, 0.05) is 24.9 Å². The first-order valence-electron chi connectivity index (χ1n) is 9.73. The van der Waals surface area contributed by atoms with Gasteiger partial charge < -0.3 is 19.2 Å². The molecule has 0 spiro atoms. The van der Waals surface area contributed by atoms with Crippen molar-refractivity contribution in [3.63, 3.8) is 0 Å². The monoisotopic (exact) mass is 355 g/mol. The van der Waals surface area contributed by atoms with Gasteiger partial charge in [-0.15, -0.1) is 10.2 Å². The molecule has 0 unspecified atom stereocenters. The van der Waals surface area contributed by atoms with E-state index < -0.39 is 0 Å². The molecular formula is C19H25N5O2. The third kappa shape index (κ3) is 2.99. The van der Waals surface area contributed by atoms with Gasteiger partial charge in [0.1, 0.15) is 17.3 Å². The molecule has 2 aromatic rings. The second-order valence-corrected chi connectivity index (χ2v) is 7.93. The number of carbonyl (C=O) groups excluding carboxylic acids is 1. The zero-order chi connectivity index (χ0) is 17.7. The van der Waals surface area contributed by atoms with Crippen LogP contribution in [0, 0.1) is 5.92 Å². The lowest BCUT2D eigenvalue weighted by Crippen LogP contribution is -2.40. The number of urea groups is 1. The maximum Gasteiger partial charge on any atom is 0.318 e. The highest BCUT2D eigenvalue weighted by Gasteiger charge is 2.37. The van der Waals surface area contributed by atoms with Crippen LogP contribution in [0.15, 0.2) is 16.5 Å². The molecule has 0 radical (unpaired) electrons. The van der Waals surface area contributed by atoms with Gasteiger partial charge in [0.15, 0.2) is 5.82 Å².